The molecule has 2 fully saturated rings. The lowest BCUT2D eigenvalue weighted by Gasteiger charge is -2.29. The Kier molecular flexibility index (Phi) is 21.6. The number of carbonyl (C=O) groups is 5. The molecule has 2 heterocycles. The van der Waals surface area contributed by atoms with E-state index in [2.05, 4.69) is 79.7 Å². The number of esters is 1. The van der Waals surface area contributed by atoms with Crippen molar-refractivity contribution >= 4 is 52.6 Å². The molecule has 4 aromatic rings. The van der Waals surface area contributed by atoms with Gasteiger partial charge in [0.1, 0.15) is 42.5 Å². The third-order valence-electron chi connectivity index (χ3n) is 15.3. The number of nitrogens with one attached hydrogen (secondary N) is 1. The summed E-state index contributed by atoms with van der Waals surface area (Å²) in [5.74, 6) is 1.25. The first-order valence-electron chi connectivity index (χ1n) is 29.4. The van der Waals surface area contributed by atoms with Crippen LogP contribution in [0.15, 0.2) is 72.8 Å². The lowest BCUT2D eigenvalue weighted by molar-refractivity contribution is -0.155. The number of amides is 3. The second-order valence-corrected chi connectivity index (χ2v) is 24.6. The third kappa shape index (κ3) is 18.1. The predicted octanol–water partition coefficient (Wildman–Crippen LogP) is 11.6. The van der Waals surface area contributed by atoms with Crippen LogP contribution in [0.3, 0.4) is 0 Å². The van der Waals surface area contributed by atoms with E-state index in [9.17, 15) is 24.0 Å². The highest BCUT2D eigenvalue weighted by Crippen LogP contribution is 2.40. The summed E-state index contributed by atoms with van der Waals surface area (Å²) in [6.07, 6.45) is 13.8. The third-order valence-corrected chi connectivity index (χ3v) is 15.3. The molecule has 2 saturated carbocycles. The maximum absolute atomic E-state index is 13.5. The van der Waals surface area contributed by atoms with Crippen molar-refractivity contribution in [2.24, 2.45) is 0 Å². The van der Waals surface area contributed by atoms with Gasteiger partial charge in [0.05, 0.1) is 19.4 Å². The fourth-order valence-corrected chi connectivity index (χ4v) is 11.4. The molecule has 2 aliphatic heterocycles. The summed E-state index contributed by atoms with van der Waals surface area (Å²) in [7, 11) is 8.43. The van der Waals surface area contributed by atoms with Gasteiger partial charge in [-0.1, -0.05) is 62.8 Å². The molecule has 0 atom stereocenters. The molecule has 0 radical (unpaired) electrons. The molecule has 16 heteroatoms. The molecule has 4 aromatic carbocycles. The predicted molar refractivity (Wildman–Crippen MR) is 320 cm³/mol. The van der Waals surface area contributed by atoms with Gasteiger partial charge in [-0.2, -0.15) is 0 Å². The van der Waals surface area contributed by atoms with Gasteiger partial charge in [0.15, 0.2) is 0 Å². The number of carboxylic acids is 1. The maximum Gasteiger partial charge on any atom is 0.410 e. The second-order valence-electron chi connectivity index (χ2n) is 24.6. The standard InChI is InChI=1S/C37H53N3O6.C28H37N3O4/c1-36(2,3)45-34(42)19-20-39(35(43)46-37(4,5)6)24-33(41)40-21-18-28-23-29(15-17-31(28)40)44-25-26-14-16-30(32(22-26)38(7)8)27-12-10-9-11-13-27;1-30(2)26-16-20(8-10-24(26)21-6-4-3-5-7-21)19-35-23-9-11-25-22(17-23)13-15-31(25)27(32)18-29-14-12-28(33)34/h14-17,22-23,27H,9-13,18-21,24-25H2,1-8H3;8-11,16-17,21,29H,3-7,12-15,18-19H2,1-2H3,(H,33,34). The first-order valence-corrected chi connectivity index (χ1v) is 29.4. The fourth-order valence-electron chi connectivity index (χ4n) is 11.4. The molecule has 0 spiro atoms. The quantitative estimate of drug-likeness (QED) is 0.0633. The minimum absolute atomic E-state index is 0.00388. The number of nitrogens with zero attached hydrogens (tertiary/aromatic N) is 5. The van der Waals surface area contributed by atoms with Crippen molar-refractivity contribution in [1.82, 2.24) is 10.2 Å². The van der Waals surface area contributed by atoms with E-state index in [1.165, 1.54) is 91.6 Å². The van der Waals surface area contributed by atoms with Crippen molar-refractivity contribution in [1.29, 1.82) is 0 Å². The largest absolute Gasteiger partial charge is 0.489 e. The molecule has 16 nitrogen and oxygen atoms in total. The van der Waals surface area contributed by atoms with Gasteiger partial charge in [-0.3, -0.25) is 24.1 Å². The Hall–Kier alpha value is -6.81. The molecule has 0 saturated heterocycles. The van der Waals surface area contributed by atoms with E-state index in [4.69, 9.17) is 24.1 Å². The molecule has 0 unspecified atom stereocenters. The Balaban J connectivity index is 0.000000242. The van der Waals surface area contributed by atoms with Gasteiger partial charge >= 0.3 is 18.0 Å². The van der Waals surface area contributed by atoms with Crippen LogP contribution in [0.5, 0.6) is 11.5 Å². The van der Waals surface area contributed by atoms with Gasteiger partial charge in [0.25, 0.3) is 0 Å². The zero-order chi connectivity index (χ0) is 58.4. The summed E-state index contributed by atoms with van der Waals surface area (Å²) in [6.45, 7) is 13.0. The number of fused-ring (bicyclic) bond motifs is 2. The maximum atomic E-state index is 13.5. The van der Waals surface area contributed by atoms with Crippen LogP contribution in [0, 0.1) is 0 Å². The van der Waals surface area contributed by atoms with Crippen molar-refractivity contribution in [2.75, 3.05) is 87.1 Å². The molecule has 81 heavy (non-hydrogen) atoms. The van der Waals surface area contributed by atoms with E-state index >= 15 is 0 Å². The molecule has 3 amide bonds. The van der Waals surface area contributed by atoms with Gasteiger partial charge in [0.2, 0.25) is 11.8 Å². The van der Waals surface area contributed by atoms with E-state index in [0.717, 1.165) is 51.5 Å². The summed E-state index contributed by atoms with van der Waals surface area (Å²) in [6, 6.07) is 25.2. The normalized spacial score (nSPS) is 15.4. The average Bonchev–Trinajstić information content (AvgIpc) is 4.17. The van der Waals surface area contributed by atoms with E-state index in [1.807, 2.05) is 36.4 Å². The zero-order valence-corrected chi connectivity index (χ0v) is 50.0. The topological polar surface area (TPSA) is 171 Å². The number of anilines is 4. The van der Waals surface area contributed by atoms with Crippen LogP contribution >= 0.6 is 0 Å². The lowest BCUT2D eigenvalue weighted by atomic mass is 9.83. The number of ether oxygens (including phenoxy) is 4. The first kappa shape index (κ1) is 61.8. The Morgan fingerprint density at radius 2 is 1.06 bits per heavy atom. The molecular weight excluding hydrogens is 1020 g/mol. The summed E-state index contributed by atoms with van der Waals surface area (Å²) in [5, 5.41) is 11.6. The van der Waals surface area contributed by atoms with Crippen molar-refractivity contribution in [3.8, 4) is 11.5 Å². The van der Waals surface area contributed by atoms with Gasteiger partial charge < -0.3 is 49.0 Å². The molecule has 2 aliphatic carbocycles. The van der Waals surface area contributed by atoms with Crippen LogP contribution in [0.25, 0.3) is 0 Å². The number of hydrogen-bond donors (Lipinski definition) is 2. The van der Waals surface area contributed by atoms with E-state index in [1.54, 1.807) is 51.3 Å². The molecule has 0 bridgehead atoms. The Bertz CT molecular complexity index is 2810. The molecule has 2 N–H and O–H groups in total. The summed E-state index contributed by atoms with van der Waals surface area (Å²) < 4.78 is 23.3. The van der Waals surface area contributed by atoms with E-state index < -0.39 is 29.2 Å². The van der Waals surface area contributed by atoms with Crippen molar-refractivity contribution in [2.45, 2.75) is 168 Å². The van der Waals surface area contributed by atoms with Crippen molar-refractivity contribution < 1.29 is 48.0 Å². The monoisotopic (exact) mass is 1110 g/mol. The van der Waals surface area contributed by atoms with Crippen LogP contribution in [-0.2, 0) is 54.7 Å². The van der Waals surface area contributed by atoms with Gasteiger partial charge in [-0.15, -0.1) is 0 Å². The van der Waals surface area contributed by atoms with Gasteiger partial charge in [-0.05, 0) is 174 Å². The van der Waals surface area contributed by atoms with Crippen molar-refractivity contribution in [3.05, 3.63) is 106 Å². The first-order chi connectivity index (χ1) is 38.5. The smallest absolute Gasteiger partial charge is 0.410 e. The van der Waals surface area contributed by atoms with E-state index in [0.29, 0.717) is 44.6 Å². The number of carbonyl (C=O) groups excluding carboxylic acids is 4. The van der Waals surface area contributed by atoms with Crippen LogP contribution in [0.2, 0.25) is 0 Å². The Morgan fingerprint density at radius 3 is 1.51 bits per heavy atom. The highest BCUT2D eigenvalue weighted by Gasteiger charge is 2.32. The summed E-state index contributed by atoms with van der Waals surface area (Å²) in [5.41, 5.74) is 10.2. The van der Waals surface area contributed by atoms with Gasteiger partial charge in [-0.25, -0.2) is 4.79 Å². The van der Waals surface area contributed by atoms with Crippen LogP contribution in [0.1, 0.15) is 164 Å². The number of aliphatic carboxylic acids is 1. The van der Waals surface area contributed by atoms with Crippen LogP contribution in [0.4, 0.5) is 27.5 Å². The Morgan fingerprint density at radius 1 is 0.593 bits per heavy atom. The number of benzene rings is 4. The minimum Gasteiger partial charge on any atom is -0.489 e. The molecular formula is C65H90N6O10. The number of rotatable bonds is 20. The van der Waals surface area contributed by atoms with Crippen molar-refractivity contribution in [3.63, 3.8) is 0 Å². The number of hydrogen-bond acceptors (Lipinski definition) is 12. The average molecular weight is 1120 g/mol. The molecule has 440 valence electrons. The highest BCUT2D eigenvalue weighted by atomic mass is 16.6. The fraction of sp³-hybridized carbons (Fsp3) is 0.554. The number of carboxylic acid groups (broad SMARTS) is 1. The molecule has 8 rings (SSSR count). The molecule has 4 aliphatic rings. The Labute approximate surface area is 481 Å². The second kappa shape index (κ2) is 28.3. The minimum atomic E-state index is -0.873. The summed E-state index contributed by atoms with van der Waals surface area (Å²) in [4.78, 5) is 71.2. The SMILES string of the molecule is CN(C)c1cc(COc2ccc3c(c2)CCN3C(=O)CN(CCC(=O)OC(C)(C)C)C(=O)OC(C)(C)C)ccc1C1CCCCC1.CN(C)c1cc(COc2ccc3c(c2)CCN3C(=O)CNCCC(=O)O)ccc1C1CCCCC1. The summed E-state index contributed by atoms with van der Waals surface area (Å²) >= 11 is 0. The molecule has 0 aromatic heterocycles. The lowest BCUT2D eigenvalue weighted by Crippen LogP contribution is -2.45. The van der Waals surface area contributed by atoms with Crippen LogP contribution in [-0.4, -0.2) is 119 Å². The van der Waals surface area contributed by atoms with Crippen LogP contribution < -0.4 is 34.4 Å². The van der Waals surface area contributed by atoms with E-state index in [-0.39, 0.29) is 50.8 Å². The van der Waals surface area contributed by atoms with Gasteiger partial charge in [0, 0.05) is 77.1 Å². The highest BCUT2D eigenvalue weighted by molar-refractivity contribution is 5.98. The zero-order valence-electron chi connectivity index (χ0n) is 50.0.